The molecule has 0 unspecified atom stereocenters. The van der Waals surface area contributed by atoms with Crippen molar-refractivity contribution in [2.75, 3.05) is 29.6 Å². The highest BCUT2D eigenvalue weighted by atomic mass is 35.5. The Kier molecular flexibility index (Phi) is 8.19. The molecule has 1 aliphatic heterocycles. The van der Waals surface area contributed by atoms with Gasteiger partial charge < -0.3 is 9.64 Å². The lowest BCUT2D eigenvalue weighted by molar-refractivity contribution is 0.0693. The van der Waals surface area contributed by atoms with Crippen LogP contribution in [0.3, 0.4) is 0 Å². The van der Waals surface area contributed by atoms with E-state index in [0.717, 1.165) is 12.8 Å². The maximum Gasteiger partial charge on any atom is 0.261 e. The molecule has 1 fully saturated rings. The van der Waals surface area contributed by atoms with Gasteiger partial charge in [0.25, 0.3) is 26.0 Å². The van der Waals surface area contributed by atoms with Gasteiger partial charge in [0.1, 0.15) is 5.75 Å². The van der Waals surface area contributed by atoms with Gasteiger partial charge in [0.05, 0.1) is 22.5 Å². The molecule has 2 N–H and O–H groups in total. The lowest BCUT2D eigenvalue weighted by Gasteiger charge is -2.30. The highest BCUT2D eigenvalue weighted by Gasteiger charge is 2.26. The molecule has 1 amide bonds. The zero-order valence-electron chi connectivity index (χ0n) is 20.8. The van der Waals surface area contributed by atoms with Gasteiger partial charge in [-0.3, -0.25) is 14.2 Å². The van der Waals surface area contributed by atoms with Crippen molar-refractivity contribution in [1.29, 1.82) is 0 Å². The molecule has 4 rings (SSSR count). The zero-order chi connectivity index (χ0) is 27.5. The Hall–Kier alpha value is -3.28. The number of amides is 1. The summed E-state index contributed by atoms with van der Waals surface area (Å²) in [6.45, 7) is 3.33. The number of nitrogens with zero attached hydrogens (tertiary/aromatic N) is 1. The first-order valence-electron chi connectivity index (χ1n) is 11.9. The summed E-state index contributed by atoms with van der Waals surface area (Å²) in [6.07, 6.45) is 1.77. The van der Waals surface area contributed by atoms with Crippen molar-refractivity contribution in [3.8, 4) is 5.75 Å². The van der Waals surface area contributed by atoms with Crippen LogP contribution in [0.1, 0.15) is 30.1 Å². The van der Waals surface area contributed by atoms with Gasteiger partial charge in [-0.1, -0.05) is 18.5 Å². The first-order valence-corrected chi connectivity index (χ1v) is 15.2. The number of sulfonamides is 2. The minimum absolute atomic E-state index is 0.0522. The molecule has 0 bridgehead atoms. The predicted molar refractivity (Wildman–Crippen MR) is 147 cm³/mol. The maximum absolute atomic E-state index is 13.2. The predicted octanol–water partition coefficient (Wildman–Crippen LogP) is 4.82. The number of likely N-dealkylation sites (tertiary alicyclic amines) is 1. The quantitative estimate of drug-likeness (QED) is 0.396. The molecule has 202 valence electrons. The van der Waals surface area contributed by atoms with Crippen molar-refractivity contribution in [1.82, 2.24) is 4.90 Å². The van der Waals surface area contributed by atoms with Crippen LogP contribution in [-0.4, -0.2) is 47.8 Å². The maximum atomic E-state index is 13.2. The smallest absolute Gasteiger partial charge is 0.261 e. The lowest BCUT2D eigenvalue weighted by Crippen LogP contribution is -2.38. The molecule has 38 heavy (non-hydrogen) atoms. The van der Waals surface area contributed by atoms with E-state index in [1.54, 1.807) is 17.0 Å². The van der Waals surface area contributed by atoms with Gasteiger partial charge in [-0.25, -0.2) is 16.8 Å². The van der Waals surface area contributed by atoms with Crippen molar-refractivity contribution in [2.24, 2.45) is 5.92 Å². The van der Waals surface area contributed by atoms with Crippen LogP contribution in [0.5, 0.6) is 5.75 Å². The highest BCUT2D eigenvalue weighted by molar-refractivity contribution is 7.93. The summed E-state index contributed by atoms with van der Waals surface area (Å²) in [7, 11) is -6.57. The molecule has 0 aliphatic carbocycles. The van der Waals surface area contributed by atoms with E-state index >= 15 is 0 Å². The summed E-state index contributed by atoms with van der Waals surface area (Å²) < 4.78 is 61.8. The Morgan fingerprint density at radius 1 is 0.842 bits per heavy atom. The van der Waals surface area contributed by atoms with Gasteiger partial charge in [0.15, 0.2) is 0 Å². The van der Waals surface area contributed by atoms with Crippen LogP contribution >= 0.6 is 11.6 Å². The number of piperidine rings is 1. The van der Waals surface area contributed by atoms with Gasteiger partial charge in [-0.2, -0.15) is 0 Å². The Morgan fingerprint density at radius 2 is 1.34 bits per heavy atom. The summed E-state index contributed by atoms with van der Waals surface area (Å²) in [6, 6.07) is 15.5. The van der Waals surface area contributed by atoms with E-state index in [4.69, 9.17) is 16.3 Å². The van der Waals surface area contributed by atoms with E-state index in [1.165, 1.54) is 61.7 Å². The summed E-state index contributed by atoms with van der Waals surface area (Å²) in [5.41, 5.74) is 0.659. The van der Waals surface area contributed by atoms with E-state index < -0.39 is 20.0 Å². The second-order valence-corrected chi connectivity index (χ2v) is 12.9. The number of carbonyl (C=O) groups is 1. The number of rotatable bonds is 8. The number of hydrogen-bond acceptors (Lipinski definition) is 6. The fourth-order valence-corrected chi connectivity index (χ4v) is 6.32. The lowest BCUT2D eigenvalue weighted by atomic mass is 9.98. The Bertz CT molecular complexity index is 1520. The van der Waals surface area contributed by atoms with Crippen molar-refractivity contribution in [2.45, 2.75) is 29.6 Å². The van der Waals surface area contributed by atoms with E-state index in [0.29, 0.717) is 29.7 Å². The topological polar surface area (TPSA) is 122 Å². The van der Waals surface area contributed by atoms with Crippen LogP contribution < -0.4 is 14.2 Å². The van der Waals surface area contributed by atoms with Crippen LogP contribution in [0.2, 0.25) is 5.02 Å². The van der Waals surface area contributed by atoms with Crippen LogP contribution in [0.25, 0.3) is 0 Å². The van der Waals surface area contributed by atoms with Gasteiger partial charge in [-0.15, -0.1) is 0 Å². The average molecular weight is 578 g/mol. The fraction of sp³-hybridized carbons (Fsp3) is 0.269. The molecule has 1 aliphatic rings. The SMILES string of the molecule is COc1ccc(S(=O)(=O)Nc2ccc(S(=O)(=O)Nc3ccc(Cl)cc3)cc2)cc1C(=O)N1CCC(C)CC1. The van der Waals surface area contributed by atoms with Crippen LogP contribution in [0.4, 0.5) is 11.4 Å². The molecular formula is C26H28ClN3O6S2. The molecule has 1 heterocycles. The number of benzene rings is 3. The molecule has 0 saturated carbocycles. The fourth-order valence-electron chi connectivity index (χ4n) is 4.05. The standard InChI is InChI=1S/C26H28ClN3O6S2/c1-18-13-15-30(16-14-18)26(31)24-17-23(11-12-25(24)36-2)38(34,35)29-21-7-9-22(10-8-21)37(32,33)28-20-5-3-19(27)4-6-20/h3-12,17-18,28-29H,13-16H2,1-2H3. The molecule has 3 aromatic carbocycles. The number of methoxy groups -OCH3 is 1. The van der Waals surface area contributed by atoms with Crippen LogP contribution in [0.15, 0.2) is 76.5 Å². The highest BCUT2D eigenvalue weighted by Crippen LogP contribution is 2.28. The van der Waals surface area contributed by atoms with Crippen molar-refractivity contribution in [3.63, 3.8) is 0 Å². The Morgan fingerprint density at radius 3 is 1.89 bits per heavy atom. The third kappa shape index (κ3) is 6.40. The normalized spacial score (nSPS) is 14.7. The van der Waals surface area contributed by atoms with Crippen molar-refractivity contribution >= 4 is 48.9 Å². The number of carbonyl (C=O) groups excluding carboxylic acids is 1. The largest absolute Gasteiger partial charge is 0.496 e. The first kappa shape index (κ1) is 27.7. The minimum atomic E-state index is -4.09. The number of nitrogens with one attached hydrogen (secondary N) is 2. The second kappa shape index (κ2) is 11.2. The zero-order valence-corrected chi connectivity index (χ0v) is 23.2. The van der Waals surface area contributed by atoms with Crippen molar-refractivity contribution in [3.05, 3.63) is 77.3 Å². The molecule has 9 nitrogen and oxygen atoms in total. The average Bonchev–Trinajstić information content (AvgIpc) is 2.89. The second-order valence-electron chi connectivity index (χ2n) is 9.08. The molecule has 0 aromatic heterocycles. The summed E-state index contributed by atoms with van der Waals surface area (Å²) in [5.74, 6) is 0.537. The minimum Gasteiger partial charge on any atom is -0.496 e. The Labute approximate surface area is 227 Å². The molecule has 1 saturated heterocycles. The molecule has 0 spiro atoms. The molecule has 12 heteroatoms. The monoisotopic (exact) mass is 577 g/mol. The summed E-state index contributed by atoms with van der Waals surface area (Å²) >= 11 is 5.84. The van der Waals surface area contributed by atoms with E-state index in [-0.39, 0.29) is 32.7 Å². The molecular weight excluding hydrogens is 550 g/mol. The van der Waals surface area contributed by atoms with Gasteiger partial charge in [0.2, 0.25) is 0 Å². The summed E-state index contributed by atoms with van der Waals surface area (Å²) in [5, 5.41) is 0.471. The van der Waals surface area contributed by atoms with Gasteiger partial charge in [0, 0.05) is 29.5 Å². The molecule has 0 atom stereocenters. The van der Waals surface area contributed by atoms with Gasteiger partial charge >= 0.3 is 0 Å². The van der Waals surface area contributed by atoms with E-state index in [1.807, 2.05) is 0 Å². The third-order valence-corrected chi connectivity index (χ3v) is 9.32. The summed E-state index contributed by atoms with van der Waals surface area (Å²) in [4.78, 5) is 14.7. The number of halogens is 1. The Balaban J connectivity index is 1.52. The molecule has 0 radical (unpaired) electrons. The van der Waals surface area contributed by atoms with Crippen LogP contribution in [0, 0.1) is 5.92 Å². The number of anilines is 2. The number of hydrogen-bond donors (Lipinski definition) is 2. The van der Waals surface area contributed by atoms with Gasteiger partial charge in [-0.05, 0) is 85.5 Å². The third-order valence-electron chi connectivity index (χ3n) is 6.30. The first-order chi connectivity index (χ1) is 18.0. The molecule has 3 aromatic rings. The van der Waals surface area contributed by atoms with Crippen molar-refractivity contribution < 1.29 is 26.4 Å². The van der Waals surface area contributed by atoms with Crippen LogP contribution in [-0.2, 0) is 20.0 Å². The van der Waals surface area contributed by atoms with E-state index in [9.17, 15) is 21.6 Å². The number of ether oxygens (including phenoxy) is 1. The van der Waals surface area contributed by atoms with E-state index in [2.05, 4.69) is 16.4 Å².